The Bertz CT molecular complexity index is 498. The first kappa shape index (κ1) is 19.0. The minimum atomic E-state index is 0.518. The number of piperidine rings is 1. The van der Waals surface area contributed by atoms with Gasteiger partial charge in [0.2, 0.25) is 0 Å². The number of hydrogen-bond acceptors (Lipinski definition) is 3. The van der Waals surface area contributed by atoms with Crippen molar-refractivity contribution in [2.45, 2.75) is 45.2 Å². The zero-order valence-corrected chi connectivity index (χ0v) is 16.1. The molecule has 5 heteroatoms. The van der Waals surface area contributed by atoms with Crippen LogP contribution in [0.1, 0.15) is 38.2 Å². The molecule has 1 N–H and O–H groups in total. The molecular formula is C19H31N3OS. The Morgan fingerprint density at radius 3 is 2.54 bits per heavy atom. The van der Waals surface area contributed by atoms with Gasteiger partial charge in [-0.3, -0.25) is 0 Å². The molecule has 4 nitrogen and oxygen atoms in total. The van der Waals surface area contributed by atoms with Crippen molar-refractivity contribution in [2.24, 2.45) is 0 Å². The highest BCUT2D eigenvalue weighted by molar-refractivity contribution is 7.80. The predicted octanol–water partition coefficient (Wildman–Crippen LogP) is 3.27. The van der Waals surface area contributed by atoms with Crippen LogP contribution in [-0.4, -0.2) is 54.7 Å². The number of likely N-dealkylation sites (tertiary alicyclic amines) is 1. The smallest absolute Gasteiger partial charge is 0.169 e. The van der Waals surface area contributed by atoms with Gasteiger partial charge < -0.3 is 19.9 Å². The molecule has 1 aromatic carbocycles. The molecule has 0 aromatic heterocycles. The van der Waals surface area contributed by atoms with Crippen molar-refractivity contribution in [1.82, 2.24) is 15.1 Å². The van der Waals surface area contributed by atoms with E-state index in [1.54, 1.807) is 7.11 Å². The summed E-state index contributed by atoms with van der Waals surface area (Å²) in [7, 11) is 3.90. The first-order chi connectivity index (χ1) is 11.6. The number of nitrogens with zero attached hydrogens (tertiary/aromatic N) is 2. The molecule has 24 heavy (non-hydrogen) atoms. The highest BCUT2D eigenvalue weighted by Gasteiger charge is 2.25. The second kappa shape index (κ2) is 9.84. The number of ether oxygens (including phenoxy) is 1. The highest BCUT2D eigenvalue weighted by Crippen LogP contribution is 2.20. The molecule has 1 aliphatic heterocycles. The van der Waals surface area contributed by atoms with Crippen LogP contribution in [0.5, 0.6) is 5.75 Å². The van der Waals surface area contributed by atoms with Gasteiger partial charge >= 0.3 is 0 Å². The van der Waals surface area contributed by atoms with Gasteiger partial charge in [-0.15, -0.1) is 0 Å². The molecule has 0 atom stereocenters. The third kappa shape index (κ3) is 5.64. The second-order valence-corrected chi connectivity index (χ2v) is 6.98. The molecule has 0 unspecified atom stereocenters. The third-order valence-corrected chi connectivity index (χ3v) is 5.09. The second-order valence-electron chi connectivity index (χ2n) is 6.60. The van der Waals surface area contributed by atoms with Gasteiger partial charge in [0.15, 0.2) is 5.11 Å². The molecule has 0 radical (unpaired) electrons. The Labute approximate surface area is 152 Å². The van der Waals surface area contributed by atoms with Gasteiger partial charge in [-0.1, -0.05) is 25.5 Å². The maximum Gasteiger partial charge on any atom is 0.169 e. The molecule has 0 aliphatic carbocycles. The van der Waals surface area contributed by atoms with Crippen LogP contribution in [0.25, 0.3) is 0 Å². The Morgan fingerprint density at radius 2 is 1.96 bits per heavy atom. The number of unbranched alkanes of at least 4 members (excludes halogenated alkanes) is 1. The van der Waals surface area contributed by atoms with E-state index in [-0.39, 0.29) is 0 Å². The van der Waals surface area contributed by atoms with Crippen LogP contribution in [0.2, 0.25) is 0 Å². The zero-order chi connectivity index (χ0) is 17.4. The summed E-state index contributed by atoms with van der Waals surface area (Å²) < 4.78 is 5.26. The van der Waals surface area contributed by atoms with E-state index < -0.39 is 0 Å². The first-order valence-corrected chi connectivity index (χ1v) is 9.40. The van der Waals surface area contributed by atoms with Crippen LogP contribution in [0.3, 0.4) is 0 Å². The maximum atomic E-state index is 5.72. The SMILES string of the molecule is CCCCNC(=S)N(Cc1ccc(OC)cc1)C1CCN(C)CC1. The molecule has 0 spiro atoms. The minimum Gasteiger partial charge on any atom is -0.497 e. The Morgan fingerprint density at radius 1 is 1.29 bits per heavy atom. The monoisotopic (exact) mass is 349 g/mol. The molecule has 134 valence electrons. The van der Waals surface area contributed by atoms with Gasteiger partial charge in [-0.05, 0) is 69.3 Å². The zero-order valence-electron chi connectivity index (χ0n) is 15.3. The largest absolute Gasteiger partial charge is 0.497 e. The van der Waals surface area contributed by atoms with Gasteiger partial charge in [-0.2, -0.15) is 0 Å². The van der Waals surface area contributed by atoms with Crippen molar-refractivity contribution in [1.29, 1.82) is 0 Å². The number of nitrogens with one attached hydrogen (secondary N) is 1. The number of hydrogen-bond donors (Lipinski definition) is 1. The predicted molar refractivity (Wildman–Crippen MR) is 105 cm³/mol. The lowest BCUT2D eigenvalue weighted by Gasteiger charge is -2.39. The maximum absolute atomic E-state index is 5.72. The van der Waals surface area contributed by atoms with E-state index in [0.29, 0.717) is 6.04 Å². The van der Waals surface area contributed by atoms with Crippen LogP contribution < -0.4 is 10.1 Å². The first-order valence-electron chi connectivity index (χ1n) is 9.00. The van der Waals surface area contributed by atoms with Crippen LogP contribution in [0, 0.1) is 0 Å². The van der Waals surface area contributed by atoms with E-state index in [9.17, 15) is 0 Å². The minimum absolute atomic E-state index is 0.518. The summed E-state index contributed by atoms with van der Waals surface area (Å²) in [6, 6.07) is 8.83. The topological polar surface area (TPSA) is 27.7 Å². The standard InChI is InChI=1S/C19H31N3OS/c1-4-5-12-20-19(24)22(17-10-13-21(2)14-11-17)15-16-6-8-18(23-3)9-7-16/h6-9,17H,4-5,10-15H2,1-3H3,(H,20,24). The molecular weight excluding hydrogens is 318 g/mol. The van der Waals surface area contributed by atoms with Gasteiger partial charge in [0, 0.05) is 19.1 Å². The van der Waals surface area contributed by atoms with Gasteiger partial charge in [0.25, 0.3) is 0 Å². The summed E-state index contributed by atoms with van der Waals surface area (Å²) in [5.74, 6) is 0.897. The molecule has 1 aromatic rings. The van der Waals surface area contributed by atoms with Crippen LogP contribution in [-0.2, 0) is 6.54 Å². The van der Waals surface area contributed by atoms with Crippen LogP contribution in [0.15, 0.2) is 24.3 Å². The summed E-state index contributed by atoms with van der Waals surface area (Å²) in [4.78, 5) is 4.79. The average Bonchev–Trinajstić information content (AvgIpc) is 2.61. The van der Waals surface area contributed by atoms with Gasteiger partial charge in [0.05, 0.1) is 7.11 Å². The fourth-order valence-corrected chi connectivity index (χ4v) is 3.39. The number of rotatable bonds is 7. The Balaban J connectivity index is 2.04. The quantitative estimate of drug-likeness (QED) is 0.602. The van der Waals surface area contributed by atoms with E-state index in [4.69, 9.17) is 17.0 Å². The van der Waals surface area contributed by atoms with Crippen LogP contribution >= 0.6 is 12.2 Å². The summed E-state index contributed by atoms with van der Waals surface area (Å²) in [5.41, 5.74) is 1.27. The lowest BCUT2D eigenvalue weighted by atomic mass is 10.0. The van der Waals surface area contributed by atoms with Crippen LogP contribution in [0.4, 0.5) is 0 Å². The summed E-state index contributed by atoms with van der Waals surface area (Å²) in [6.45, 7) is 6.30. The average molecular weight is 350 g/mol. The van der Waals surface area contributed by atoms with E-state index >= 15 is 0 Å². The molecule has 1 fully saturated rings. The fraction of sp³-hybridized carbons (Fsp3) is 0.632. The Kier molecular flexibility index (Phi) is 7.79. The normalized spacial score (nSPS) is 16.0. The van der Waals surface area contributed by atoms with Crippen molar-refractivity contribution in [2.75, 3.05) is 33.8 Å². The lowest BCUT2D eigenvalue weighted by Crippen LogP contribution is -2.49. The fourth-order valence-electron chi connectivity index (χ4n) is 3.07. The third-order valence-electron chi connectivity index (χ3n) is 4.71. The van der Waals surface area contributed by atoms with Crippen molar-refractivity contribution < 1.29 is 4.74 Å². The molecule has 0 amide bonds. The van der Waals surface area contributed by atoms with Crippen molar-refractivity contribution >= 4 is 17.3 Å². The molecule has 1 aliphatic rings. The number of methoxy groups -OCH3 is 1. The highest BCUT2D eigenvalue weighted by atomic mass is 32.1. The van der Waals surface area contributed by atoms with Crippen molar-refractivity contribution in [3.05, 3.63) is 29.8 Å². The van der Waals surface area contributed by atoms with Crippen molar-refractivity contribution in [3.8, 4) is 5.75 Å². The van der Waals surface area contributed by atoms with Gasteiger partial charge in [-0.25, -0.2) is 0 Å². The molecule has 0 bridgehead atoms. The summed E-state index contributed by atoms with van der Waals surface area (Å²) in [5, 5.41) is 4.35. The lowest BCUT2D eigenvalue weighted by molar-refractivity contribution is 0.171. The van der Waals surface area contributed by atoms with E-state index in [1.165, 1.54) is 24.8 Å². The number of thiocarbonyl (C=S) groups is 1. The summed E-state index contributed by atoms with van der Waals surface area (Å²) in [6.07, 6.45) is 4.68. The molecule has 2 rings (SSSR count). The van der Waals surface area contributed by atoms with E-state index in [2.05, 4.69) is 41.2 Å². The molecule has 1 heterocycles. The van der Waals surface area contributed by atoms with Gasteiger partial charge in [0.1, 0.15) is 5.75 Å². The van der Waals surface area contributed by atoms with E-state index in [0.717, 1.165) is 43.5 Å². The van der Waals surface area contributed by atoms with Crippen molar-refractivity contribution in [3.63, 3.8) is 0 Å². The molecule has 0 saturated carbocycles. The Hall–Kier alpha value is -1.33. The number of benzene rings is 1. The molecule has 1 saturated heterocycles. The summed E-state index contributed by atoms with van der Waals surface area (Å²) >= 11 is 5.72. The van der Waals surface area contributed by atoms with E-state index in [1.807, 2.05) is 12.1 Å².